The molecule has 5 aromatic rings. The zero-order chi connectivity index (χ0) is 26.3. The highest BCUT2D eigenvalue weighted by Gasteiger charge is 2.11. The molecule has 0 radical (unpaired) electrons. The van der Waals surface area contributed by atoms with E-state index in [1.807, 2.05) is 66.7 Å². The van der Waals surface area contributed by atoms with Gasteiger partial charge in [0.15, 0.2) is 11.0 Å². The average Bonchev–Trinajstić information content (AvgIpc) is 3.58. The van der Waals surface area contributed by atoms with Gasteiger partial charge in [-0.15, -0.1) is 5.10 Å². The van der Waals surface area contributed by atoms with E-state index in [1.54, 1.807) is 6.07 Å². The minimum Gasteiger partial charge on any atom is -0.333 e. The predicted octanol–water partition coefficient (Wildman–Crippen LogP) is 5.37. The van der Waals surface area contributed by atoms with Crippen LogP contribution in [0.25, 0.3) is 22.4 Å². The number of aromatic nitrogens is 5. The summed E-state index contributed by atoms with van der Waals surface area (Å²) in [5.41, 5.74) is 5.11. The molecule has 0 saturated carbocycles. The number of thioether (sulfide) groups is 2. The molecule has 0 aliphatic carbocycles. The summed E-state index contributed by atoms with van der Waals surface area (Å²) in [6.45, 7) is 2.09. The fourth-order valence-corrected chi connectivity index (χ4v) is 4.93. The first-order valence-electron chi connectivity index (χ1n) is 12.0. The molecule has 0 aliphatic rings. The monoisotopic (exact) mass is 543 g/mol. The first-order valence-corrected chi connectivity index (χ1v) is 13.9. The molecule has 0 unspecified atom stereocenters. The van der Waals surface area contributed by atoms with E-state index >= 15 is 0 Å². The molecular formula is C27H25N7O2S2. The lowest BCUT2D eigenvalue weighted by Crippen LogP contribution is -2.14. The third kappa shape index (κ3) is 6.61. The second kappa shape index (κ2) is 12.0. The van der Waals surface area contributed by atoms with Gasteiger partial charge in [0.1, 0.15) is 0 Å². The molecule has 2 aromatic heterocycles. The number of nitrogens with one attached hydrogen (secondary N) is 4. The summed E-state index contributed by atoms with van der Waals surface area (Å²) in [6.07, 6.45) is 0.957. The third-order valence-electron chi connectivity index (χ3n) is 5.57. The van der Waals surface area contributed by atoms with Crippen molar-refractivity contribution in [1.29, 1.82) is 0 Å². The Morgan fingerprint density at radius 2 is 1.55 bits per heavy atom. The number of fused-ring (bicyclic) bond motifs is 1. The number of rotatable bonds is 10. The summed E-state index contributed by atoms with van der Waals surface area (Å²) < 4.78 is 0. The normalized spacial score (nSPS) is 11.0. The number of aryl methyl sites for hydroxylation is 1. The van der Waals surface area contributed by atoms with Crippen LogP contribution in [0.5, 0.6) is 0 Å². The summed E-state index contributed by atoms with van der Waals surface area (Å²) in [6, 6.07) is 23.0. The van der Waals surface area contributed by atoms with Gasteiger partial charge >= 0.3 is 0 Å². The highest BCUT2D eigenvalue weighted by Crippen LogP contribution is 2.23. The number of carbonyl (C=O) groups excluding carboxylic acids is 2. The molecule has 9 nitrogen and oxygen atoms in total. The summed E-state index contributed by atoms with van der Waals surface area (Å²) in [4.78, 5) is 37.0. The first-order chi connectivity index (χ1) is 18.6. The van der Waals surface area contributed by atoms with Gasteiger partial charge in [0.25, 0.3) is 0 Å². The van der Waals surface area contributed by atoms with Crippen molar-refractivity contribution < 1.29 is 9.59 Å². The van der Waals surface area contributed by atoms with Crippen LogP contribution in [0.1, 0.15) is 12.5 Å². The molecule has 0 bridgehead atoms. The van der Waals surface area contributed by atoms with Crippen LogP contribution >= 0.6 is 23.5 Å². The molecule has 0 saturated heterocycles. The molecular weight excluding hydrogens is 518 g/mol. The van der Waals surface area contributed by atoms with Crippen molar-refractivity contribution in [2.75, 3.05) is 22.1 Å². The van der Waals surface area contributed by atoms with Gasteiger partial charge in [-0.3, -0.25) is 14.7 Å². The molecule has 3 aromatic carbocycles. The summed E-state index contributed by atoms with van der Waals surface area (Å²) in [5, 5.41) is 14.0. The lowest BCUT2D eigenvalue weighted by atomic mass is 10.1. The smallest absolute Gasteiger partial charge is 0.234 e. The maximum Gasteiger partial charge on any atom is 0.234 e. The Bertz CT molecular complexity index is 1550. The lowest BCUT2D eigenvalue weighted by molar-refractivity contribution is -0.114. The fourth-order valence-electron chi connectivity index (χ4n) is 3.65. The number of hydrogen-bond acceptors (Lipinski definition) is 7. The van der Waals surface area contributed by atoms with E-state index in [0.29, 0.717) is 21.8 Å². The molecule has 0 fully saturated rings. The number of aromatic amines is 2. The molecule has 0 atom stereocenters. The Kier molecular flexibility index (Phi) is 8.05. The number of anilines is 2. The van der Waals surface area contributed by atoms with Gasteiger partial charge in [0.2, 0.25) is 17.0 Å². The van der Waals surface area contributed by atoms with Crippen LogP contribution < -0.4 is 10.6 Å². The predicted molar refractivity (Wildman–Crippen MR) is 152 cm³/mol. The standard InChI is InChI=1S/C27H25N7O2S2/c1-2-17-8-10-19(11-9-17)28-23(35)15-37-26-30-21-13-12-20(14-22(21)31-26)29-24(36)16-38-27-32-25(33-34-27)18-6-4-3-5-7-18/h3-14H,2,15-16H2,1H3,(H,28,35)(H,29,36)(H,30,31)(H,32,33,34). The average molecular weight is 544 g/mol. The van der Waals surface area contributed by atoms with Gasteiger partial charge in [-0.25, -0.2) is 9.97 Å². The minimum absolute atomic E-state index is 0.104. The van der Waals surface area contributed by atoms with Crippen molar-refractivity contribution in [3.8, 4) is 11.4 Å². The Morgan fingerprint density at radius 3 is 2.32 bits per heavy atom. The van der Waals surface area contributed by atoms with Crippen molar-refractivity contribution in [2.24, 2.45) is 0 Å². The van der Waals surface area contributed by atoms with Crippen molar-refractivity contribution in [3.63, 3.8) is 0 Å². The van der Waals surface area contributed by atoms with Crippen LogP contribution in [0.15, 0.2) is 83.1 Å². The number of carbonyl (C=O) groups is 2. The number of hydrogen-bond donors (Lipinski definition) is 4. The Balaban J connectivity index is 1.12. The lowest BCUT2D eigenvalue weighted by Gasteiger charge is -2.05. The molecule has 11 heteroatoms. The largest absolute Gasteiger partial charge is 0.333 e. The topological polar surface area (TPSA) is 128 Å². The zero-order valence-electron chi connectivity index (χ0n) is 20.5. The van der Waals surface area contributed by atoms with E-state index in [2.05, 4.69) is 42.7 Å². The molecule has 38 heavy (non-hydrogen) atoms. The third-order valence-corrected chi connectivity index (χ3v) is 7.29. The summed E-state index contributed by atoms with van der Waals surface area (Å²) >= 11 is 2.58. The van der Waals surface area contributed by atoms with Gasteiger partial charge in [0, 0.05) is 16.9 Å². The maximum atomic E-state index is 12.5. The first kappa shape index (κ1) is 25.6. The molecule has 2 amide bonds. The summed E-state index contributed by atoms with van der Waals surface area (Å²) in [7, 11) is 0. The Hall–Kier alpha value is -4.09. The van der Waals surface area contributed by atoms with E-state index in [0.717, 1.165) is 28.7 Å². The Labute approximate surface area is 227 Å². The Morgan fingerprint density at radius 1 is 0.842 bits per heavy atom. The van der Waals surface area contributed by atoms with E-state index in [1.165, 1.54) is 29.1 Å². The van der Waals surface area contributed by atoms with Crippen LogP contribution in [-0.2, 0) is 16.0 Å². The SMILES string of the molecule is CCc1ccc(NC(=O)CSc2nc3ccc(NC(=O)CSc4n[nH]c(-c5ccccc5)n4)cc3[nH]2)cc1. The quantitative estimate of drug-likeness (QED) is 0.174. The van der Waals surface area contributed by atoms with Crippen molar-refractivity contribution >= 4 is 57.7 Å². The van der Waals surface area contributed by atoms with Gasteiger partial charge in [-0.2, -0.15) is 0 Å². The molecule has 4 N–H and O–H groups in total. The second-order valence-corrected chi connectivity index (χ2v) is 10.2. The van der Waals surface area contributed by atoms with Gasteiger partial charge in [0.05, 0.1) is 22.5 Å². The highest BCUT2D eigenvalue weighted by atomic mass is 32.2. The number of imidazole rings is 1. The molecule has 0 spiro atoms. The van der Waals surface area contributed by atoms with Gasteiger partial charge < -0.3 is 15.6 Å². The second-order valence-electron chi connectivity index (χ2n) is 8.33. The number of H-pyrrole nitrogens is 2. The number of amides is 2. The molecule has 192 valence electrons. The van der Waals surface area contributed by atoms with Crippen LogP contribution in [-0.4, -0.2) is 48.5 Å². The summed E-state index contributed by atoms with van der Waals surface area (Å²) in [5.74, 6) is 0.786. The highest BCUT2D eigenvalue weighted by molar-refractivity contribution is 8.00. The van der Waals surface area contributed by atoms with Crippen LogP contribution in [0.4, 0.5) is 11.4 Å². The van der Waals surface area contributed by atoms with E-state index in [-0.39, 0.29) is 23.3 Å². The van der Waals surface area contributed by atoms with Gasteiger partial charge in [-0.05, 0) is 42.3 Å². The van der Waals surface area contributed by atoms with Crippen molar-refractivity contribution in [1.82, 2.24) is 25.1 Å². The number of benzene rings is 3. The van der Waals surface area contributed by atoms with E-state index < -0.39 is 0 Å². The van der Waals surface area contributed by atoms with E-state index in [9.17, 15) is 9.59 Å². The molecule has 0 aliphatic heterocycles. The van der Waals surface area contributed by atoms with Crippen molar-refractivity contribution in [2.45, 2.75) is 23.7 Å². The fraction of sp³-hybridized carbons (Fsp3) is 0.148. The van der Waals surface area contributed by atoms with Crippen LogP contribution in [0.2, 0.25) is 0 Å². The van der Waals surface area contributed by atoms with Crippen LogP contribution in [0, 0.1) is 0 Å². The zero-order valence-corrected chi connectivity index (χ0v) is 22.2. The van der Waals surface area contributed by atoms with E-state index in [4.69, 9.17) is 0 Å². The minimum atomic E-state index is -0.168. The maximum absolute atomic E-state index is 12.5. The molecule has 5 rings (SSSR count). The van der Waals surface area contributed by atoms with Crippen molar-refractivity contribution in [3.05, 3.63) is 78.4 Å². The van der Waals surface area contributed by atoms with Crippen LogP contribution in [0.3, 0.4) is 0 Å². The molecule has 2 heterocycles. The van der Waals surface area contributed by atoms with Gasteiger partial charge in [-0.1, -0.05) is 72.9 Å². The number of nitrogens with zero attached hydrogens (tertiary/aromatic N) is 3.